The first kappa shape index (κ1) is 9.03. The Balaban J connectivity index is 2.84. The van der Waals surface area contributed by atoms with Crippen molar-refractivity contribution >= 4 is 11.7 Å². The number of carbonyl (C=O) groups is 1. The van der Waals surface area contributed by atoms with Crippen LogP contribution in [0.3, 0.4) is 0 Å². The molecule has 0 spiro atoms. The van der Waals surface area contributed by atoms with E-state index in [-0.39, 0.29) is 5.92 Å². The van der Waals surface area contributed by atoms with Crippen molar-refractivity contribution in [3.63, 3.8) is 0 Å². The highest BCUT2D eigenvalue weighted by Gasteiger charge is 2.43. The van der Waals surface area contributed by atoms with Gasteiger partial charge >= 0.3 is 5.97 Å². The van der Waals surface area contributed by atoms with Crippen LogP contribution in [0.2, 0.25) is 0 Å². The molecule has 0 heterocycles. The van der Waals surface area contributed by atoms with Crippen molar-refractivity contribution in [1.82, 2.24) is 0 Å². The molecule has 12 heavy (non-hydrogen) atoms. The van der Waals surface area contributed by atoms with Gasteiger partial charge in [-0.05, 0) is 19.3 Å². The zero-order valence-electron chi connectivity index (χ0n) is 7.37. The van der Waals surface area contributed by atoms with Crippen molar-refractivity contribution < 1.29 is 9.90 Å². The van der Waals surface area contributed by atoms with Gasteiger partial charge in [0.1, 0.15) is 0 Å². The molecule has 2 atom stereocenters. The molecule has 68 valence electrons. The Kier molecular flexibility index (Phi) is 2.08. The van der Waals surface area contributed by atoms with E-state index in [1.54, 1.807) is 6.92 Å². The van der Waals surface area contributed by atoms with E-state index in [1.807, 2.05) is 6.92 Å². The summed E-state index contributed by atoms with van der Waals surface area (Å²) >= 11 is 0. The molecule has 1 aliphatic rings. The van der Waals surface area contributed by atoms with Crippen molar-refractivity contribution in [2.24, 2.45) is 22.3 Å². The lowest BCUT2D eigenvalue weighted by Gasteiger charge is -2.15. The smallest absolute Gasteiger partial charge is 0.309 e. The van der Waals surface area contributed by atoms with E-state index < -0.39 is 11.4 Å². The highest BCUT2D eigenvalue weighted by atomic mass is 16.4. The molecule has 2 unspecified atom stereocenters. The quantitative estimate of drug-likeness (QED) is 0.452. The van der Waals surface area contributed by atoms with Gasteiger partial charge in [-0.1, -0.05) is 6.92 Å². The van der Waals surface area contributed by atoms with Crippen LogP contribution < -0.4 is 5.84 Å². The molecule has 4 heteroatoms. The van der Waals surface area contributed by atoms with Crippen molar-refractivity contribution in [2.45, 2.75) is 26.7 Å². The third kappa shape index (κ3) is 1.29. The van der Waals surface area contributed by atoms with Crippen LogP contribution >= 0.6 is 0 Å². The lowest BCUT2D eigenvalue weighted by molar-refractivity contribution is -0.147. The largest absolute Gasteiger partial charge is 0.481 e. The minimum atomic E-state index is -0.756. The van der Waals surface area contributed by atoms with Gasteiger partial charge in [0.15, 0.2) is 0 Å². The molecule has 3 N–H and O–H groups in total. The Labute approximate surface area is 71.4 Å². The Morgan fingerprint density at radius 3 is 2.67 bits per heavy atom. The van der Waals surface area contributed by atoms with Gasteiger partial charge in [0.05, 0.1) is 5.41 Å². The second-order valence-electron chi connectivity index (χ2n) is 3.77. The van der Waals surface area contributed by atoms with Gasteiger partial charge in [0.2, 0.25) is 0 Å². The standard InChI is InChI=1S/C8H14N2O2/c1-5-3-8(2,7(11)12)4-6(5)10-9/h5H,3-4,9H2,1-2H3,(H,11,12)/b10-6+. The topological polar surface area (TPSA) is 75.7 Å². The molecule has 1 fully saturated rings. The SMILES string of the molecule is CC1CC(C)(C(=O)O)C/C1=N\N. The van der Waals surface area contributed by atoms with Crippen LogP contribution in [0.1, 0.15) is 26.7 Å². The average molecular weight is 170 g/mol. The van der Waals surface area contributed by atoms with E-state index in [4.69, 9.17) is 10.9 Å². The summed E-state index contributed by atoms with van der Waals surface area (Å²) in [7, 11) is 0. The van der Waals surface area contributed by atoms with Crippen LogP contribution in [0.15, 0.2) is 5.10 Å². The van der Waals surface area contributed by atoms with E-state index in [2.05, 4.69) is 5.10 Å². The van der Waals surface area contributed by atoms with E-state index >= 15 is 0 Å². The molecule has 1 aliphatic carbocycles. The van der Waals surface area contributed by atoms with Crippen molar-refractivity contribution in [3.8, 4) is 0 Å². The monoisotopic (exact) mass is 170 g/mol. The number of hydrogen-bond acceptors (Lipinski definition) is 3. The minimum absolute atomic E-state index is 0.205. The highest BCUT2D eigenvalue weighted by molar-refractivity contribution is 5.94. The number of nitrogens with two attached hydrogens (primary N) is 1. The van der Waals surface area contributed by atoms with Crippen LogP contribution in [0.5, 0.6) is 0 Å². The summed E-state index contributed by atoms with van der Waals surface area (Å²) in [6, 6.07) is 0. The molecule has 0 aromatic heterocycles. The molecule has 1 rings (SSSR count). The number of rotatable bonds is 1. The number of carboxylic acid groups (broad SMARTS) is 1. The molecule has 0 aliphatic heterocycles. The summed E-state index contributed by atoms with van der Waals surface area (Å²) in [5, 5.41) is 12.5. The Bertz CT molecular complexity index is 237. The summed E-state index contributed by atoms with van der Waals surface area (Å²) in [6.07, 6.45) is 1.12. The lowest BCUT2D eigenvalue weighted by atomic mass is 9.88. The average Bonchev–Trinajstić information content (AvgIpc) is 2.27. The van der Waals surface area contributed by atoms with Crippen molar-refractivity contribution in [2.75, 3.05) is 0 Å². The Hall–Kier alpha value is -1.06. The van der Waals surface area contributed by atoms with E-state index in [0.29, 0.717) is 12.8 Å². The van der Waals surface area contributed by atoms with Gasteiger partial charge < -0.3 is 10.9 Å². The zero-order valence-corrected chi connectivity index (χ0v) is 7.37. The molecule has 0 aromatic rings. The zero-order chi connectivity index (χ0) is 9.35. The van der Waals surface area contributed by atoms with Gasteiger partial charge in [0, 0.05) is 12.1 Å². The fourth-order valence-corrected chi connectivity index (χ4v) is 1.78. The molecule has 4 nitrogen and oxygen atoms in total. The van der Waals surface area contributed by atoms with Crippen LogP contribution in [0.25, 0.3) is 0 Å². The second-order valence-corrected chi connectivity index (χ2v) is 3.77. The maximum atomic E-state index is 10.8. The minimum Gasteiger partial charge on any atom is -0.481 e. The Morgan fingerprint density at radius 1 is 1.83 bits per heavy atom. The van der Waals surface area contributed by atoms with Crippen LogP contribution in [-0.4, -0.2) is 16.8 Å². The molecule has 1 saturated carbocycles. The molecule has 0 bridgehead atoms. The van der Waals surface area contributed by atoms with Crippen LogP contribution in [0, 0.1) is 11.3 Å². The first-order valence-electron chi connectivity index (χ1n) is 3.99. The number of nitrogens with zero attached hydrogens (tertiary/aromatic N) is 1. The second kappa shape index (κ2) is 2.77. The van der Waals surface area contributed by atoms with Crippen LogP contribution in [-0.2, 0) is 4.79 Å². The molecule has 0 saturated heterocycles. The van der Waals surface area contributed by atoms with Crippen LogP contribution in [0.4, 0.5) is 0 Å². The lowest BCUT2D eigenvalue weighted by Crippen LogP contribution is -2.24. The van der Waals surface area contributed by atoms with Crippen molar-refractivity contribution in [3.05, 3.63) is 0 Å². The third-order valence-electron chi connectivity index (χ3n) is 2.58. The summed E-state index contributed by atoms with van der Waals surface area (Å²) < 4.78 is 0. The fourth-order valence-electron chi connectivity index (χ4n) is 1.78. The van der Waals surface area contributed by atoms with Gasteiger partial charge in [-0.3, -0.25) is 4.79 Å². The predicted molar refractivity (Wildman–Crippen MR) is 45.8 cm³/mol. The van der Waals surface area contributed by atoms with Gasteiger partial charge in [-0.2, -0.15) is 5.10 Å². The molecular weight excluding hydrogens is 156 g/mol. The highest BCUT2D eigenvalue weighted by Crippen LogP contribution is 2.39. The van der Waals surface area contributed by atoms with E-state index in [9.17, 15) is 4.79 Å². The van der Waals surface area contributed by atoms with Crippen molar-refractivity contribution in [1.29, 1.82) is 0 Å². The maximum absolute atomic E-state index is 10.8. The summed E-state index contributed by atoms with van der Waals surface area (Å²) in [4.78, 5) is 10.8. The van der Waals surface area contributed by atoms with E-state index in [1.165, 1.54) is 0 Å². The molecule has 0 aromatic carbocycles. The van der Waals surface area contributed by atoms with E-state index in [0.717, 1.165) is 5.71 Å². The molecule has 0 radical (unpaired) electrons. The first-order valence-corrected chi connectivity index (χ1v) is 3.99. The number of hydrogen-bond donors (Lipinski definition) is 2. The molecule has 0 amide bonds. The summed E-state index contributed by atoms with van der Waals surface area (Å²) in [6.45, 7) is 3.70. The predicted octanol–water partition coefficient (Wildman–Crippen LogP) is 0.822. The Morgan fingerprint density at radius 2 is 2.42 bits per heavy atom. The van der Waals surface area contributed by atoms with Gasteiger partial charge in [-0.15, -0.1) is 0 Å². The fraction of sp³-hybridized carbons (Fsp3) is 0.750. The summed E-state index contributed by atoms with van der Waals surface area (Å²) in [5.41, 5.74) is 0.164. The molecular formula is C8H14N2O2. The third-order valence-corrected chi connectivity index (χ3v) is 2.58. The van der Waals surface area contributed by atoms with Gasteiger partial charge in [0.25, 0.3) is 0 Å². The normalized spacial score (nSPS) is 38.8. The number of carboxylic acids is 1. The first-order chi connectivity index (χ1) is 5.49. The summed E-state index contributed by atoms with van der Waals surface area (Å²) in [5.74, 6) is 4.59. The number of hydrazone groups is 1. The number of aliphatic carboxylic acids is 1. The van der Waals surface area contributed by atoms with Gasteiger partial charge in [-0.25, -0.2) is 0 Å². The maximum Gasteiger partial charge on any atom is 0.309 e.